The molecular formula is C17H16NO3-. The molecule has 0 N–H and O–H groups in total. The van der Waals surface area contributed by atoms with Crippen LogP contribution in [0.2, 0.25) is 0 Å². The first-order valence-corrected chi connectivity index (χ1v) is 7.17. The molecule has 3 rings (SSSR count). The third-order valence-corrected chi connectivity index (χ3v) is 3.94. The van der Waals surface area contributed by atoms with Gasteiger partial charge in [0.2, 0.25) is 0 Å². The van der Waals surface area contributed by atoms with E-state index in [4.69, 9.17) is 0 Å². The van der Waals surface area contributed by atoms with Gasteiger partial charge in [0.25, 0.3) is 0 Å². The first-order valence-electron chi connectivity index (χ1n) is 7.17. The van der Waals surface area contributed by atoms with Gasteiger partial charge in [-0.05, 0) is 24.5 Å². The Balaban J connectivity index is 2.09. The summed E-state index contributed by atoms with van der Waals surface area (Å²) in [6.45, 7) is 0.342. The second-order valence-electron chi connectivity index (χ2n) is 5.31. The van der Waals surface area contributed by atoms with Crippen LogP contribution < -0.4 is 5.11 Å². The fourth-order valence-corrected chi connectivity index (χ4v) is 2.96. The summed E-state index contributed by atoms with van der Waals surface area (Å²) in [4.78, 5) is 22.9. The fraction of sp³-hybridized carbons (Fsp3) is 0.294. The average molecular weight is 282 g/mol. The largest absolute Gasteiger partial charge is 0.550 e. The summed E-state index contributed by atoms with van der Waals surface area (Å²) in [7, 11) is 0. The third kappa shape index (κ3) is 2.61. The number of nitrogens with zero attached hydrogens (tertiary/aromatic N) is 1. The molecule has 0 saturated carbocycles. The molecule has 0 saturated heterocycles. The summed E-state index contributed by atoms with van der Waals surface area (Å²) in [6.07, 6.45) is 2.18. The summed E-state index contributed by atoms with van der Waals surface area (Å²) in [5, 5.41) is 10.8. The van der Waals surface area contributed by atoms with E-state index in [0.717, 1.165) is 35.4 Å². The van der Waals surface area contributed by atoms with E-state index < -0.39 is 5.97 Å². The van der Waals surface area contributed by atoms with Crippen molar-refractivity contribution in [3.63, 3.8) is 0 Å². The third-order valence-electron chi connectivity index (χ3n) is 3.94. The van der Waals surface area contributed by atoms with Crippen LogP contribution in [0.5, 0.6) is 0 Å². The van der Waals surface area contributed by atoms with Gasteiger partial charge in [-0.3, -0.25) is 4.79 Å². The van der Waals surface area contributed by atoms with Crippen LogP contribution in [-0.2, 0) is 17.8 Å². The van der Waals surface area contributed by atoms with Crippen molar-refractivity contribution in [2.24, 2.45) is 0 Å². The van der Waals surface area contributed by atoms with Crippen LogP contribution in [0.4, 0.5) is 0 Å². The molecule has 0 spiro atoms. The van der Waals surface area contributed by atoms with Gasteiger partial charge in [0.1, 0.15) is 0 Å². The zero-order valence-corrected chi connectivity index (χ0v) is 11.7. The molecule has 21 heavy (non-hydrogen) atoms. The van der Waals surface area contributed by atoms with E-state index in [0.29, 0.717) is 13.0 Å². The number of carbonyl (C=O) groups is 2. The number of carboxylic acid groups (broad SMARTS) is 1. The number of rotatable bonds is 4. The Morgan fingerprint density at radius 1 is 1.19 bits per heavy atom. The molecule has 4 nitrogen and oxygen atoms in total. The minimum Gasteiger partial charge on any atom is -0.550 e. The standard InChI is InChI=1S/C17H17NO3/c19-16-8-4-7-14-13(16)11-15(12-5-2-1-3-6-12)18(14)10-9-17(20)21/h1-3,5-6,11H,4,7-10H2,(H,20,21)/p-1. The van der Waals surface area contributed by atoms with Crippen molar-refractivity contribution in [2.75, 3.05) is 0 Å². The molecule has 1 aliphatic rings. The van der Waals surface area contributed by atoms with E-state index in [1.165, 1.54) is 0 Å². The summed E-state index contributed by atoms with van der Waals surface area (Å²) < 4.78 is 1.97. The van der Waals surface area contributed by atoms with Crippen LogP contribution >= 0.6 is 0 Å². The van der Waals surface area contributed by atoms with Crippen molar-refractivity contribution in [3.8, 4) is 11.3 Å². The van der Waals surface area contributed by atoms with E-state index in [1.807, 2.05) is 41.0 Å². The lowest BCUT2D eigenvalue weighted by Gasteiger charge is -2.17. The van der Waals surface area contributed by atoms with Crippen LogP contribution in [0.15, 0.2) is 36.4 Å². The van der Waals surface area contributed by atoms with Gasteiger partial charge in [-0.25, -0.2) is 0 Å². The number of ketones is 1. The molecule has 1 aliphatic carbocycles. The highest BCUT2D eigenvalue weighted by Gasteiger charge is 2.24. The van der Waals surface area contributed by atoms with Gasteiger partial charge in [-0.2, -0.15) is 0 Å². The highest BCUT2D eigenvalue weighted by molar-refractivity contribution is 5.99. The van der Waals surface area contributed by atoms with Crippen LogP contribution in [0.25, 0.3) is 11.3 Å². The molecular weight excluding hydrogens is 266 g/mol. The summed E-state index contributed by atoms with van der Waals surface area (Å²) >= 11 is 0. The smallest absolute Gasteiger partial charge is 0.164 e. The zero-order chi connectivity index (χ0) is 14.8. The van der Waals surface area contributed by atoms with Gasteiger partial charge < -0.3 is 14.5 Å². The Morgan fingerprint density at radius 3 is 2.67 bits per heavy atom. The monoisotopic (exact) mass is 282 g/mol. The Labute approximate surface area is 123 Å². The predicted octanol–water partition coefficient (Wildman–Crippen LogP) is 1.81. The second-order valence-corrected chi connectivity index (χ2v) is 5.31. The lowest BCUT2D eigenvalue weighted by Crippen LogP contribution is -2.24. The zero-order valence-electron chi connectivity index (χ0n) is 11.7. The summed E-state index contributed by atoms with van der Waals surface area (Å²) in [5.41, 5.74) is 3.62. The van der Waals surface area contributed by atoms with Crippen LogP contribution in [0, 0.1) is 0 Å². The maximum absolute atomic E-state index is 12.1. The van der Waals surface area contributed by atoms with Gasteiger partial charge in [-0.15, -0.1) is 0 Å². The molecule has 4 heteroatoms. The van der Waals surface area contributed by atoms with Crippen molar-refractivity contribution in [1.82, 2.24) is 4.57 Å². The van der Waals surface area contributed by atoms with Crippen LogP contribution in [0.1, 0.15) is 35.3 Å². The van der Waals surface area contributed by atoms with E-state index in [2.05, 4.69) is 0 Å². The van der Waals surface area contributed by atoms with E-state index in [9.17, 15) is 14.7 Å². The van der Waals surface area contributed by atoms with E-state index in [-0.39, 0.29) is 12.2 Å². The Kier molecular flexibility index (Phi) is 3.60. The number of hydrogen-bond donors (Lipinski definition) is 0. The summed E-state index contributed by atoms with van der Waals surface area (Å²) in [5.74, 6) is -0.917. The maximum Gasteiger partial charge on any atom is 0.164 e. The SMILES string of the molecule is O=C([O-])CCn1c(-c2ccccc2)cc2c1CCCC2=O. The minimum absolute atomic E-state index is 0.0465. The number of aromatic nitrogens is 1. The first-order chi connectivity index (χ1) is 10.2. The van der Waals surface area contributed by atoms with Gasteiger partial charge in [-0.1, -0.05) is 30.3 Å². The molecule has 1 heterocycles. The molecule has 1 aromatic carbocycles. The minimum atomic E-state index is -1.07. The molecule has 0 radical (unpaired) electrons. The van der Waals surface area contributed by atoms with Crippen molar-refractivity contribution < 1.29 is 14.7 Å². The fourth-order valence-electron chi connectivity index (χ4n) is 2.96. The number of benzene rings is 1. The van der Waals surface area contributed by atoms with Gasteiger partial charge in [0.05, 0.1) is 0 Å². The summed E-state index contributed by atoms with van der Waals surface area (Å²) in [6, 6.07) is 11.7. The number of carboxylic acids is 1. The molecule has 0 aliphatic heterocycles. The quantitative estimate of drug-likeness (QED) is 0.859. The highest BCUT2D eigenvalue weighted by Crippen LogP contribution is 2.31. The predicted molar refractivity (Wildman–Crippen MR) is 76.8 cm³/mol. The molecule has 1 aromatic heterocycles. The molecule has 0 fully saturated rings. The van der Waals surface area contributed by atoms with Crippen molar-refractivity contribution >= 4 is 11.8 Å². The lowest BCUT2D eigenvalue weighted by atomic mass is 9.96. The maximum atomic E-state index is 12.1. The highest BCUT2D eigenvalue weighted by atomic mass is 16.4. The molecule has 0 amide bonds. The first kappa shape index (κ1) is 13.6. The number of aliphatic carboxylic acids is 1. The van der Waals surface area contributed by atoms with Gasteiger partial charge >= 0.3 is 0 Å². The van der Waals surface area contributed by atoms with Crippen LogP contribution in [-0.4, -0.2) is 16.3 Å². The van der Waals surface area contributed by atoms with Gasteiger partial charge in [0.15, 0.2) is 5.78 Å². The second kappa shape index (κ2) is 5.56. The number of carbonyl (C=O) groups excluding carboxylic acids is 2. The Hall–Kier alpha value is -2.36. The number of fused-ring (bicyclic) bond motifs is 1. The number of hydrogen-bond acceptors (Lipinski definition) is 3. The molecule has 0 unspecified atom stereocenters. The van der Waals surface area contributed by atoms with Gasteiger partial charge in [0, 0.05) is 42.3 Å². The molecule has 2 aromatic rings. The van der Waals surface area contributed by atoms with Crippen molar-refractivity contribution in [2.45, 2.75) is 32.2 Å². The average Bonchev–Trinajstić information content (AvgIpc) is 2.86. The Morgan fingerprint density at radius 2 is 1.95 bits per heavy atom. The van der Waals surface area contributed by atoms with Crippen LogP contribution in [0.3, 0.4) is 0 Å². The molecule has 0 bridgehead atoms. The normalized spacial score (nSPS) is 14.0. The van der Waals surface area contributed by atoms with E-state index in [1.54, 1.807) is 0 Å². The topological polar surface area (TPSA) is 62.1 Å². The lowest BCUT2D eigenvalue weighted by molar-refractivity contribution is -0.305. The van der Waals surface area contributed by atoms with Crippen molar-refractivity contribution in [1.29, 1.82) is 0 Å². The molecule has 0 atom stereocenters. The van der Waals surface area contributed by atoms with E-state index >= 15 is 0 Å². The number of Topliss-reactive ketones (excluding diaryl/α,β-unsaturated/α-hetero) is 1. The van der Waals surface area contributed by atoms with Crippen molar-refractivity contribution in [3.05, 3.63) is 47.7 Å². The molecule has 108 valence electrons. The Bertz CT molecular complexity index is 686.